The molecule has 0 amide bonds. The molecule has 0 spiro atoms. The first kappa shape index (κ1) is 21.9. The molecule has 1 aromatic heterocycles. The van der Waals surface area contributed by atoms with Crippen LogP contribution in [-0.2, 0) is 26.9 Å². The Morgan fingerprint density at radius 2 is 1.91 bits per heavy atom. The van der Waals surface area contributed by atoms with E-state index in [1.54, 1.807) is 13.0 Å². The SMILES string of the molecule is Cc1nc(CC(=O)O)c(C2OC=CO2)c(N[C@@H](c2cccc(C(F)(F)F)c2C)C2CC2)n1. The van der Waals surface area contributed by atoms with E-state index in [0.717, 1.165) is 18.9 Å². The highest BCUT2D eigenvalue weighted by Crippen LogP contribution is 2.46. The number of alkyl halides is 3. The topological polar surface area (TPSA) is 93.6 Å². The summed E-state index contributed by atoms with van der Waals surface area (Å²) in [4.78, 5) is 20.1. The molecule has 10 heteroatoms. The van der Waals surface area contributed by atoms with Crippen molar-refractivity contribution in [1.29, 1.82) is 0 Å². The van der Waals surface area contributed by atoms with Crippen molar-refractivity contribution in [3.63, 3.8) is 0 Å². The van der Waals surface area contributed by atoms with Crippen LogP contribution < -0.4 is 5.32 Å². The molecule has 2 N–H and O–H groups in total. The molecule has 1 atom stereocenters. The summed E-state index contributed by atoms with van der Waals surface area (Å²) in [6, 6.07) is 3.70. The minimum atomic E-state index is -4.46. The number of aryl methyl sites for hydroxylation is 1. The van der Waals surface area contributed by atoms with E-state index in [4.69, 9.17) is 9.47 Å². The number of carbonyl (C=O) groups is 1. The fourth-order valence-corrected chi connectivity index (χ4v) is 3.97. The number of aromatic nitrogens is 2. The number of anilines is 1. The Balaban J connectivity index is 1.78. The Bertz CT molecular complexity index is 1060. The van der Waals surface area contributed by atoms with Crippen molar-refractivity contribution in [3.8, 4) is 0 Å². The van der Waals surface area contributed by atoms with E-state index in [9.17, 15) is 23.1 Å². The van der Waals surface area contributed by atoms with E-state index >= 15 is 0 Å². The molecule has 1 aliphatic heterocycles. The molecule has 4 rings (SSSR count). The number of nitrogens with one attached hydrogen (secondary N) is 1. The standard InChI is InChI=1S/C22H22F3N3O4/c1-11-14(4-3-5-15(11)22(23,24)25)19(13-6-7-13)28-20-18(21-31-8-9-32-21)16(10-17(29)30)26-12(2)27-20/h3-5,8-9,13,19,21H,6-7,10H2,1-2H3,(H,29,30)(H,26,27,28)/t19-/m1/s1. The smallest absolute Gasteiger partial charge is 0.416 e. The lowest BCUT2D eigenvalue weighted by Crippen LogP contribution is -2.21. The summed E-state index contributed by atoms with van der Waals surface area (Å²) in [6.07, 6.45) is -1.43. The van der Waals surface area contributed by atoms with Crippen molar-refractivity contribution < 1.29 is 32.5 Å². The predicted octanol–water partition coefficient (Wildman–Crippen LogP) is 4.82. The second-order valence-corrected chi connectivity index (χ2v) is 7.90. The third-order valence-electron chi connectivity index (χ3n) is 5.55. The molecular formula is C22H22F3N3O4. The average molecular weight is 449 g/mol. The zero-order valence-corrected chi connectivity index (χ0v) is 17.4. The van der Waals surface area contributed by atoms with Gasteiger partial charge in [0.2, 0.25) is 0 Å². The van der Waals surface area contributed by atoms with Crippen LogP contribution in [0.5, 0.6) is 0 Å². The molecule has 32 heavy (non-hydrogen) atoms. The monoisotopic (exact) mass is 449 g/mol. The van der Waals surface area contributed by atoms with Crippen molar-refractivity contribution in [2.75, 3.05) is 5.32 Å². The molecule has 7 nitrogen and oxygen atoms in total. The molecule has 170 valence electrons. The van der Waals surface area contributed by atoms with E-state index < -0.39 is 30.0 Å². The first-order valence-electron chi connectivity index (χ1n) is 10.1. The third kappa shape index (κ3) is 4.49. The number of rotatable bonds is 7. The summed E-state index contributed by atoms with van der Waals surface area (Å²) >= 11 is 0. The zero-order valence-electron chi connectivity index (χ0n) is 17.4. The van der Waals surface area contributed by atoms with E-state index in [-0.39, 0.29) is 29.4 Å². The van der Waals surface area contributed by atoms with Crippen LogP contribution in [0.25, 0.3) is 0 Å². The van der Waals surface area contributed by atoms with Gasteiger partial charge < -0.3 is 19.9 Å². The molecule has 0 radical (unpaired) electrons. The summed E-state index contributed by atoms with van der Waals surface area (Å²) in [5.74, 6) is -0.356. The highest BCUT2D eigenvalue weighted by atomic mass is 19.4. The second kappa shape index (κ2) is 8.33. The Labute approximate surface area is 182 Å². The van der Waals surface area contributed by atoms with Crippen LogP contribution in [0.1, 0.15) is 58.9 Å². The average Bonchev–Trinajstić information content (AvgIpc) is 3.39. The molecule has 2 aliphatic rings. The maximum atomic E-state index is 13.5. The van der Waals surface area contributed by atoms with Gasteiger partial charge in [0, 0.05) is 0 Å². The molecule has 1 aliphatic carbocycles. The van der Waals surface area contributed by atoms with Crippen LogP contribution in [0.15, 0.2) is 30.7 Å². The molecule has 2 heterocycles. The quantitative estimate of drug-likeness (QED) is 0.626. The Hall–Kier alpha value is -3.30. The van der Waals surface area contributed by atoms with Crippen LogP contribution >= 0.6 is 0 Å². The van der Waals surface area contributed by atoms with Crippen LogP contribution in [0.2, 0.25) is 0 Å². The molecule has 1 saturated carbocycles. The van der Waals surface area contributed by atoms with E-state index in [1.165, 1.54) is 25.5 Å². The zero-order chi connectivity index (χ0) is 23.0. The number of hydrogen-bond donors (Lipinski definition) is 2. The molecule has 1 fully saturated rings. The van der Waals surface area contributed by atoms with Gasteiger partial charge in [-0.2, -0.15) is 13.2 Å². The molecule has 2 aromatic rings. The van der Waals surface area contributed by atoms with Gasteiger partial charge >= 0.3 is 12.1 Å². The van der Waals surface area contributed by atoms with Gasteiger partial charge in [-0.05, 0) is 49.8 Å². The summed E-state index contributed by atoms with van der Waals surface area (Å²) in [5.41, 5.74) is 0.530. The van der Waals surface area contributed by atoms with E-state index in [1.807, 2.05) is 0 Å². The van der Waals surface area contributed by atoms with Crippen LogP contribution in [0.3, 0.4) is 0 Å². The first-order chi connectivity index (χ1) is 15.1. The maximum absolute atomic E-state index is 13.5. The number of halogens is 3. The molecule has 1 aromatic carbocycles. The van der Waals surface area contributed by atoms with E-state index in [0.29, 0.717) is 17.0 Å². The predicted molar refractivity (Wildman–Crippen MR) is 107 cm³/mol. The van der Waals surface area contributed by atoms with Crippen molar-refractivity contribution in [2.24, 2.45) is 5.92 Å². The molecule has 0 saturated heterocycles. The number of nitrogens with zero attached hydrogens (tertiary/aromatic N) is 2. The Morgan fingerprint density at radius 3 is 2.50 bits per heavy atom. The number of carboxylic acids is 1. The Kier molecular flexibility index (Phi) is 5.70. The highest BCUT2D eigenvalue weighted by Gasteiger charge is 2.39. The van der Waals surface area contributed by atoms with Gasteiger partial charge in [0.25, 0.3) is 6.29 Å². The lowest BCUT2D eigenvalue weighted by molar-refractivity contribution is -0.138. The maximum Gasteiger partial charge on any atom is 0.416 e. The summed E-state index contributed by atoms with van der Waals surface area (Å²) < 4.78 is 51.3. The van der Waals surface area contributed by atoms with Crippen LogP contribution in [0, 0.1) is 19.8 Å². The van der Waals surface area contributed by atoms with Gasteiger partial charge in [-0.3, -0.25) is 4.79 Å². The van der Waals surface area contributed by atoms with Crippen molar-refractivity contribution in [3.05, 3.63) is 64.5 Å². The number of carboxylic acid groups (broad SMARTS) is 1. The van der Waals surface area contributed by atoms with Gasteiger partial charge in [0.05, 0.1) is 29.3 Å². The fraction of sp³-hybridized carbons (Fsp3) is 0.409. The minimum absolute atomic E-state index is 0.117. The molecular weight excluding hydrogens is 427 g/mol. The van der Waals surface area contributed by atoms with Gasteiger partial charge in [-0.1, -0.05) is 12.1 Å². The third-order valence-corrected chi connectivity index (χ3v) is 5.55. The summed E-state index contributed by atoms with van der Waals surface area (Å²) in [7, 11) is 0. The number of ether oxygens (including phenoxy) is 2. The number of hydrogen-bond acceptors (Lipinski definition) is 6. The highest BCUT2D eigenvalue weighted by molar-refractivity contribution is 5.71. The lowest BCUT2D eigenvalue weighted by atomic mass is 9.93. The van der Waals surface area contributed by atoms with E-state index in [2.05, 4.69) is 15.3 Å². The minimum Gasteiger partial charge on any atom is -0.481 e. The summed E-state index contributed by atoms with van der Waals surface area (Å²) in [6.45, 7) is 3.08. The largest absolute Gasteiger partial charge is 0.481 e. The van der Waals surface area contributed by atoms with Gasteiger partial charge in [0.15, 0.2) is 0 Å². The van der Waals surface area contributed by atoms with Gasteiger partial charge in [-0.25, -0.2) is 9.97 Å². The lowest BCUT2D eigenvalue weighted by Gasteiger charge is -2.26. The van der Waals surface area contributed by atoms with Gasteiger partial charge in [-0.15, -0.1) is 0 Å². The number of benzene rings is 1. The molecule has 0 bridgehead atoms. The van der Waals surface area contributed by atoms with Crippen LogP contribution in [0.4, 0.5) is 19.0 Å². The summed E-state index contributed by atoms with van der Waals surface area (Å²) in [5, 5.41) is 12.6. The Morgan fingerprint density at radius 1 is 1.22 bits per heavy atom. The van der Waals surface area contributed by atoms with Crippen LogP contribution in [-0.4, -0.2) is 21.0 Å². The first-order valence-corrected chi connectivity index (χ1v) is 10.1. The van der Waals surface area contributed by atoms with Crippen molar-refractivity contribution in [1.82, 2.24) is 9.97 Å². The van der Waals surface area contributed by atoms with Crippen molar-refractivity contribution >= 4 is 11.8 Å². The second-order valence-electron chi connectivity index (χ2n) is 7.90. The van der Waals surface area contributed by atoms with Gasteiger partial charge in [0.1, 0.15) is 24.2 Å². The van der Waals surface area contributed by atoms with Crippen molar-refractivity contribution in [2.45, 2.75) is 51.6 Å². The number of aliphatic carboxylic acids is 1. The molecule has 0 unspecified atom stereocenters. The fourth-order valence-electron chi connectivity index (χ4n) is 3.97. The normalized spacial score (nSPS) is 17.0.